The molecule has 4 rings (SSSR count). The van der Waals surface area contributed by atoms with Gasteiger partial charge in [-0.3, -0.25) is 14.6 Å². The molecular formula is C24H21ClFN3O4. The first-order chi connectivity index (χ1) is 16.0. The smallest absolute Gasteiger partial charge is 0.255 e. The van der Waals surface area contributed by atoms with Gasteiger partial charge in [-0.15, -0.1) is 0 Å². The van der Waals surface area contributed by atoms with E-state index < -0.39 is 23.9 Å². The van der Waals surface area contributed by atoms with E-state index in [9.17, 15) is 19.1 Å². The number of pyridine rings is 1. The van der Waals surface area contributed by atoms with Gasteiger partial charge < -0.3 is 20.1 Å². The Morgan fingerprint density at radius 2 is 1.91 bits per heavy atom. The van der Waals surface area contributed by atoms with Gasteiger partial charge in [-0.1, -0.05) is 23.7 Å². The molecule has 2 N–H and O–H groups in total. The number of amides is 2. The van der Waals surface area contributed by atoms with Crippen LogP contribution >= 0.6 is 11.6 Å². The summed E-state index contributed by atoms with van der Waals surface area (Å²) in [5.74, 6) is -1.23. The number of aliphatic hydroxyl groups is 1. The zero-order valence-electron chi connectivity index (χ0n) is 17.4. The number of aliphatic hydroxyl groups excluding tert-OH is 1. The van der Waals surface area contributed by atoms with Crippen LogP contribution in [0.5, 0.6) is 0 Å². The Hall–Kier alpha value is -3.33. The van der Waals surface area contributed by atoms with Crippen molar-refractivity contribution in [1.29, 1.82) is 0 Å². The molecular weight excluding hydrogens is 449 g/mol. The Bertz CT molecular complexity index is 1140. The number of ether oxygens (including phenoxy) is 1. The maximum atomic E-state index is 13.3. The number of nitrogens with zero attached hydrogens (tertiary/aromatic N) is 2. The quantitative estimate of drug-likeness (QED) is 0.575. The Kier molecular flexibility index (Phi) is 6.98. The first-order valence-electron chi connectivity index (χ1n) is 10.2. The minimum atomic E-state index is -0.597. The van der Waals surface area contributed by atoms with E-state index in [1.165, 1.54) is 12.1 Å². The highest BCUT2D eigenvalue weighted by Gasteiger charge is 2.37. The number of morpholine rings is 1. The number of rotatable bonds is 6. The normalized spacial score (nSPS) is 18.3. The van der Waals surface area contributed by atoms with Crippen molar-refractivity contribution in [2.45, 2.75) is 18.7 Å². The summed E-state index contributed by atoms with van der Waals surface area (Å²) in [5, 5.41) is 12.6. The van der Waals surface area contributed by atoms with Crippen molar-refractivity contribution in [3.63, 3.8) is 0 Å². The van der Waals surface area contributed by atoms with Gasteiger partial charge in [0.05, 0.1) is 17.7 Å². The van der Waals surface area contributed by atoms with Gasteiger partial charge in [0.2, 0.25) is 5.91 Å². The van der Waals surface area contributed by atoms with Crippen LogP contribution in [0.25, 0.3) is 0 Å². The summed E-state index contributed by atoms with van der Waals surface area (Å²) in [6.45, 7) is -0.0395. The molecule has 2 aromatic carbocycles. The van der Waals surface area contributed by atoms with Crippen molar-refractivity contribution in [2.24, 2.45) is 0 Å². The van der Waals surface area contributed by atoms with Crippen molar-refractivity contribution in [1.82, 2.24) is 9.88 Å². The van der Waals surface area contributed by atoms with Crippen molar-refractivity contribution < 1.29 is 23.8 Å². The summed E-state index contributed by atoms with van der Waals surface area (Å²) in [5.41, 5.74) is 2.40. The lowest BCUT2D eigenvalue weighted by atomic mass is 9.98. The van der Waals surface area contributed by atoms with E-state index in [-0.39, 0.29) is 29.7 Å². The van der Waals surface area contributed by atoms with Gasteiger partial charge in [0.15, 0.2) is 0 Å². The van der Waals surface area contributed by atoms with E-state index in [2.05, 4.69) is 10.3 Å². The van der Waals surface area contributed by atoms with Gasteiger partial charge in [0.1, 0.15) is 18.5 Å². The molecule has 1 aliphatic rings. The average Bonchev–Trinajstić information content (AvgIpc) is 2.83. The number of carbonyl (C=O) groups excluding carboxylic acids is 2. The molecule has 170 valence electrons. The Labute approximate surface area is 194 Å². The molecule has 33 heavy (non-hydrogen) atoms. The van der Waals surface area contributed by atoms with Crippen LogP contribution in [0.1, 0.15) is 27.6 Å². The molecule has 2 atom stereocenters. The molecule has 0 radical (unpaired) electrons. The third-order valence-corrected chi connectivity index (χ3v) is 5.71. The predicted octanol–water partition coefficient (Wildman–Crippen LogP) is 3.59. The lowest BCUT2D eigenvalue weighted by Crippen LogP contribution is -2.52. The van der Waals surface area contributed by atoms with Gasteiger partial charge in [-0.25, -0.2) is 4.39 Å². The SMILES string of the molecule is O=C(Nc1ccc(C2OCC(=O)N(Cc3ccncc3)C2CO)cc1)c1ccc(F)c(Cl)c1. The van der Waals surface area contributed by atoms with Crippen molar-refractivity contribution in [3.8, 4) is 0 Å². The van der Waals surface area contributed by atoms with Gasteiger partial charge >= 0.3 is 0 Å². The zero-order valence-corrected chi connectivity index (χ0v) is 18.2. The molecule has 1 aromatic heterocycles. The molecule has 3 aromatic rings. The fourth-order valence-corrected chi connectivity index (χ4v) is 3.88. The largest absolute Gasteiger partial charge is 0.394 e. The number of nitrogens with one attached hydrogen (secondary N) is 1. The first kappa shape index (κ1) is 22.8. The van der Waals surface area contributed by atoms with E-state index in [1.807, 2.05) is 12.1 Å². The van der Waals surface area contributed by atoms with Crippen LogP contribution in [0.15, 0.2) is 67.0 Å². The minimum absolute atomic E-state index is 0.101. The lowest BCUT2D eigenvalue weighted by Gasteiger charge is -2.40. The number of anilines is 1. The van der Waals surface area contributed by atoms with Crippen LogP contribution in [0.2, 0.25) is 5.02 Å². The number of hydrogen-bond acceptors (Lipinski definition) is 5. The van der Waals surface area contributed by atoms with Gasteiger partial charge in [0.25, 0.3) is 5.91 Å². The predicted molar refractivity (Wildman–Crippen MR) is 120 cm³/mol. The molecule has 7 nitrogen and oxygen atoms in total. The van der Waals surface area contributed by atoms with Crippen LogP contribution in [-0.2, 0) is 16.1 Å². The van der Waals surface area contributed by atoms with E-state index in [1.54, 1.807) is 41.6 Å². The summed E-state index contributed by atoms with van der Waals surface area (Å²) in [6, 6.07) is 13.7. The molecule has 2 heterocycles. The Morgan fingerprint density at radius 3 is 2.58 bits per heavy atom. The van der Waals surface area contributed by atoms with Crippen LogP contribution in [0, 0.1) is 5.82 Å². The molecule has 0 bridgehead atoms. The van der Waals surface area contributed by atoms with Crippen molar-refractivity contribution in [2.75, 3.05) is 18.5 Å². The lowest BCUT2D eigenvalue weighted by molar-refractivity contribution is -0.162. The fraction of sp³-hybridized carbons (Fsp3) is 0.208. The summed E-state index contributed by atoms with van der Waals surface area (Å²) in [6.07, 6.45) is 2.77. The Balaban J connectivity index is 1.48. The first-order valence-corrected chi connectivity index (χ1v) is 10.6. The number of benzene rings is 2. The van der Waals surface area contributed by atoms with E-state index in [0.29, 0.717) is 12.2 Å². The molecule has 9 heteroatoms. The van der Waals surface area contributed by atoms with Gasteiger partial charge in [-0.05, 0) is 53.6 Å². The summed E-state index contributed by atoms with van der Waals surface area (Å²) in [7, 11) is 0. The fourth-order valence-electron chi connectivity index (χ4n) is 3.70. The minimum Gasteiger partial charge on any atom is -0.394 e. The van der Waals surface area contributed by atoms with Crippen molar-refractivity contribution in [3.05, 3.63) is 94.5 Å². The maximum Gasteiger partial charge on any atom is 0.255 e. The number of carbonyl (C=O) groups is 2. The van der Waals surface area contributed by atoms with Crippen LogP contribution in [-0.4, -0.2) is 46.1 Å². The van der Waals surface area contributed by atoms with E-state index in [0.717, 1.165) is 17.2 Å². The molecule has 0 spiro atoms. The number of hydrogen-bond donors (Lipinski definition) is 2. The number of aromatic nitrogens is 1. The molecule has 1 saturated heterocycles. The second-order valence-corrected chi connectivity index (χ2v) is 7.97. The second kappa shape index (κ2) is 10.1. The summed E-state index contributed by atoms with van der Waals surface area (Å²) in [4.78, 5) is 30.5. The van der Waals surface area contributed by atoms with Crippen LogP contribution in [0.3, 0.4) is 0 Å². The van der Waals surface area contributed by atoms with Gasteiger partial charge in [0, 0.05) is 30.2 Å². The van der Waals surface area contributed by atoms with Crippen LogP contribution < -0.4 is 5.32 Å². The highest BCUT2D eigenvalue weighted by Crippen LogP contribution is 2.31. The summed E-state index contributed by atoms with van der Waals surface area (Å²) < 4.78 is 19.1. The topological polar surface area (TPSA) is 91.8 Å². The highest BCUT2D eigenvalue weighted by molar-refractivity contribution is 6.31. The second-order valence-electron chi connectivity index (χ2n) is 7.56. The van der Waals surface area contributed by atoms with Crippen molar-refractivity contribution >= 4 is 29.1 Å². The molecule has 1 aliphatic heterocycles. The summed E-state index contributed by atoms with van der Waals surface area (Å²) >= 11 is 5.75. The molecule has 2 unspecified atom stereocenters. The maximum absolute atomic E-state index is 13.3. The zero-order chi connectivity index (χ0) is 23.4. The average molecular weight is 470 g/mol. The third kappa shape index (κ3) is 5.19. The standard InChI is InChI=1S/C24H21ClFN3O4/c25-19-11-17(3-6-20(19)26)24(32)28-18-4-1-16(2-5-18)23-21(13-30)29(22(31)14-33-23)12-15-7-9-27-10-8-15/h1-11,21,23,30H,12-14H2,(H,28,32). The molecule has 2 amide bonds. The van der Waals surface area contributed by atoms with Crippen LogP contribution in [0.4, 0.5) is 10.1 Å². The molecule has 0 saturated carbocycles. The van der Waals surface area contributed by atoms with Gasteiger partial charge in [-0.2, -0.15) is 0 Å². The monoisotopic (exact) mass is 469 g/mol. The Morgan fingerprint density at radius 1 is 1.18 bits per heavy atom. The molecule has 0 aliphatic carbocycles. The van der Waals surface area contributed by atoms with E-state index >= 15 is 0 Å². The highest BCUT2D eigenvalue weighted by atomic mass is 35.5. The molecule has 1 fully saturated rings. The number of halogens is 2. The van der Waals surface area contributed by atoms with E-state index in [4.69, 9.17) is 16.3 Å². The third-order valence-electron chi connectivity index (χ3n) is 5.42.